The fraction of sp³-hybridized carbons (Fsp3) is 0.333. The van der Waals surface area contributed by atoms with Crippen LogP contribution in [0, 0.1) is 0 Å². The van der Waals surface area contributed by atoms with Gasteiger partial charge in [-0.2, -0.15) is 0 Å². The molecule has 0 saturated heterocycles. The Kier molecular flexibility index (Phi) is 4.88. The summed E-state index contributed by atoms with van der Waals surface area (Å²) in [6, 6.07) is 15.8. The molecule has 1 heterocycles. The first-order valence-electron chi connectivity index (χ1n) is 8.73. The molecule has 0 unspecified atom stereocenters. The van der Waals surface area contributed by atoms with Crippen molar-refractivity contribution in [2.75, 3.05) is 22.9 Å². The van der Waals surface area contributed by atoms with Gasteiger partial charge in [-0.15, -0.1) is 0 Å². The van der Waals surface area contributed by atoms with Crippen LogP contribution in [0.3, 0.4) is 0 Å². The molecule has 3 rings (SSSR count). The zero-order chi connectivity index (χ0) is 18.0. The molecule has 0 spiro atoms. The number of carbonyl (C=O) groups is 2. The van der Waals surface area contributed by atoms with Crippen LogP contribution in [-0.2, 0) is 16.0 Å². The lowest BCUT2D eigenvalue weighted by Gasteiger charge is -2.25. The molecule has 25 heavy (non-hydrogen) atoms. The van der Waals surface area contributed by atoms with E-state index < -0.39 is 0 Å². The van der Waals surface area contributed by atoms with Gasteiger partial charge < -0.3 is 9.80 Å². The van der Waals surface area contributed by atoms with Gasteiger partial charge in [-0.3, -0.25) is 9.59 Å². The van der Waals surface area contributed by atoms with Gasteiger partial charge in [0.1, 0.15) is 6.54 Å². The van der Waals surface area contributed by atoms with E-state index in [1.165, 1.54) is 18.1 Å². The van der Waals surface area contributed by atoms with Crippen molar-refractivity contribution in [1.29, 1.82) is 0 Å². The quantitative estimate of drug-likeness (QED) is 0.853. The first-order valence-corrected chi connectivity index (χ1v) is 8.73. The minimum atomic E-state index is -0.127. The third kappa shape index (κ3) is 3.58. The fourth-order valence-electron chi connectivity index (χ4n) is 3.24. The van der Waals surface area contributed by atoms with E-state index in [-0.39, 0.29) is 18.4 Å². The molecule has 1 aliphatic heterocycles. The monoisotopic (exact) mass is 336 g/mol. The highest BCUT2D eigenvalue weighted by atomic mass is 16.2. The number of hydrogen-bond donors (Lipinski definition) is 0. The summed E-state index contributed by atoms with van der Waals surface area (Å²) < 4.78 is 0. The van der Waals surface area contributed by atoms with Gasteiger partial charge in [0.2, 0.25) is 11.8 Å². The summed E-state index contributed by atoms with van der Waals surface area (Å²) in [5.41, 5.74) is 4.13. The number of para-hydroxylation sites is 1. The number of rotatable bonds is 4. The SMILES string of the molecule is CC(=O)N(CC(=O)N1CCc2ccccc21)c1ccc(C(C)C)cc1. The van der Waals surface area contributed by atoms with Crippen molar-refractivity contribution in [3.05, 3.63) is 59.7 Å². The van der Waals surface area contributed by atoms with Crippen LogP contribution in [0.4, 0.5) is 11.4 Å². The van der Waals surface area contributed by atoms with Crippen LogP contribution in [0.1, 0.15) is 37.8 Å². The maximum Gasteiger partial charge on any atom is 0.247 e. The molecule has 0 fully saturated rings. The molecule has 4 heteroatoms. The Morgan fingerprint density at radius 2 is 1.76 bits per heavy atom. The maximum absolute atomic E-state index is 12.8. The fourth-order valence-corrected chi connectivity index (χ4v) is 3.24. The smallest absolute Gasteiger partial charge is 0.247 e. The molecule has 0 aromatic heterocycles. The highest BCUT2D eigenvalue weighted by Gasteiger charge is 2.26. The van der Waals surface area contributed by atoms with E-state index in [4.69, 9.17) is 0 Å². The molecule has 2 aromatic rings. The van der Waals surface area contributed by atoms with E-state index in [1.807, 2.05) is 42.5 Å². The molecule has 130 valence electrons. The summed E-state index contributed by atoms with van der Waals surface area (Å²) in [5.74, 6) is 0.258. The molecule has 0 N–H and O–H groups in total. The minimum absolute atomic E-state index is 0.0481. The van der Waals surface area contributed by atoms with Crippen LogP contribution in [0.2, 0.25) is 0 Å². The number of benzene rings is 2. The average Bonchev–Trinajstić information content (AvgIpc) is 3.03. The zero-order valence-corrected chi connectivity index (χ0v) is 15.0. The lowest BCUT2D eigenvalue weighted by molar-refractivity contribution is -0.121. The Balaban J connectivity index is 1.78. The third-order valence-electron chi connectivity index (χ3n) is 4.73. The largest absolute Gasteiger partial charge is 0.310 e. The Labute approximate surface area is 149 Å². The van der Waals surface area contributed by atoms with E-state index in [0.717, 1.165) is 17.8 Å². The van der Waals surface area contributed by atoms with Crippen LogP contribution in [0.15, 0.2) is 48.5 Å². The van der Waals surface area contributed by atoms with Gasteiger partial charge in [0.05, 0.1) is 0 Å². The summed E-state index contributed by atoms with van der Waals surface area (Å²) in [7, 11) is 0. The normalized spacial score (nSPS) is 13.0. The Bertz CT molecular complexity index is 781. The van der Waals surface area contributed by atoms with Crippen molar-refractivity contribution in [1.82, 2.24) is 0 Å². The summed E-state index contributed by atoms with van der Waals surface area (Å²) >= 11 is 0. The average molecular weight is 336 g/mol. The summed E-state index contributed by atoms with van der Waals surface area (Å²) in [6.45, 7) is 6.50. The Morgan fingerprint density at radius 1 is 1.08 bits per heavy atom. The number of anilines is 2. The predicted octanol–water partition coefficient (Wildman–Crippen LogP) is 3.75. The van der Waals surface area contributed by atoms with Gasteiger partial charge >= 0.3 is 0 Å². The molecule has 0 atom stereocenters. The number of carbonyl (C=O) groups excluding carboxylic acids is 2. The third-order valence-corrected chi connectivity index (χ3v) is 4.73. The number of nitrogens with zero attached hydrogens (tertiary/aromatic N) is 2. The molecule has 0 radical (unpaired) electrons. The lowest BCUT2D eigenvalue weighted by atomic mass is 10.0. The van der Waals surface area contributed by atoms with E-state index >= 15 is 0 Å². The summed E-state index contributed by atoms with van der Waals surface area (Å²) in [4.78, 5) is 28.3. The zero-order valence-electron chi connectivity index (χ0n) is 15.0. The summed E-state index contributed by atoms with van der Waals surface area (Å²) in [6.07, 6.45) is 0.866. The molecule has 2 amide bonds. The first-order chi connectivity index (χ1) is 12.0. The first kappa shape index (κ1) is 17.2. The molecule has 2 aromatic carbocycles. The molecule has 0 saturated carbocycles. The molecule has 1 aliphatic rings. The van der Waals surface area contributed by atoms with E-state index in [1.54, 1.807) is 9.80 Å². The molecule has 0 bridgehead atoms. The van der Waals surface area contributed by atoms with Gasteiger partial charge in [-0.05, 0) is 41.7 Å². The molecule has 0 aliphatic carbocycles. The van der Waals surface area contributed by atoms with Crippen LogP contribution >= 0.6 is 0 Å². The van der Waals surface area contributed by atoms with Crippen LogP contribution in [-0.4, -0.2) is 24.9 Å². The van der Waals surface area contributed by atoms with Crippen molar-refractivity contribution in [2.24, 2.45) is 0 Å². The van der Waals surface area contributed by atoms with Crippen molar-refractivity contribution in [3.8, 4) is 0 Å². The second kappa shape index (κ2) is 7.09. The van der Waals surface area contributed by atoms with E-state index in [0.29, 0.717) is 12.5 Å². The Hall–Kier alpha value is -2.62. The van der Waals surface area contributed by atoms with Crippen LogP contribution in [0.25, 0.3) is 0 Å². The predicted molar refractivity (Wildman–Crippen MR) is 101 cm³/mol. The van der Waals surface area contributed by atoms with Crippen molar-refractivity contribution >= 4 is 23.2 Å². The Morgan fingerprint density at radius 3 is 2.40 bits per heavy atom. The second-order valence-corrected chi connectivity index (χ2v) is 6.78. The second-order valence-electron chi connectivity index (χ2n) is 6.78. The van der Waals surface area contributed by atoms with Gasteiger partial charge in [0.15, 0.2) is 0 Å². The minimum Gasteiger partial charge on any atom is -0.310 e. The van der Waals surface area contributed by atoms with Crippen LogP contribution in [0.5, 0.6) is 0 Å². The van der Waals surface area contributed by atoms with E-state index in [2.05, 4.69) is 19.9 Å². The van der Waals surface area contributed by atoms with Gasteiger partial charge in [0.25, 0.3) is 0 Å². The molecule has 4 nitrogen and oxygen atoms in total. The van der Waals surface area contributed by atoms with Gasteiger partial charge in [-0.25, -0.2) is 0 Å². The highest BCUT2D eigenvalue weighted by Crippen LogP contribution is 2.28. The van der Waals surface area contributed by atoms with E-state index in [9.17, 15) is 9.59 Å². The van der Waals surface area contributed by atoms with Gasteiger partial charge in [-0.1, -0.05) is 44.2 Å². The van der Waals surface area contributed by atoms with Crippen molar-refractivity contribution < 1.29 is 9.59 Å². The molecular formula is C21H24N2O2. The maximum atomic E-state index is 12.8. The summed E-state index contributed by atoms with van der Waals surface area (Å²) in [5, 5.41) is 0. The van der Waals surface area contributed by atoms with Gasteiger partial charge in [0, 0.05) is 24.8 Å². The standard InChI is InChI=1S/C21H24N2O2/c1-15(2)17-8-10-19(11-9-17)23(16(3)24)14-21(25)22-13-12-18-6-4-5-7-20(18)22/h4-11,15H,12-14H2,1-3H3. The molecular weight excluding hydrogens is 312 g/mol. The topological polar surface area (TPSA) is 40.6 Å². The lowest BCUT2D eigenvalue weighted by Crippen LogP contribution is -2.41. The van der Waals surface area contributed by atoms with Crippen LogP contribution < -0.4 is 9.80 Å². The number of fused-ring (bicyclic) bond motifs is 1. The number of amides is 2. The number of hydrogen-bond acceptors (Lipinski definition) is 2. The van der Waals surface area contributed by atoms with Crippen molar-refractivity contribution in [2.45, 2.75) is 33.1 Å². The highest BCUT2D eigenvalue weighted by molar-refractivity contribution is 6.03. The van der Waals surface area contributed by atoms with Crippen molar-refractivity contribution in [3.63, 3.8) is 0 Å².